The number of hydrogen-bond donors (Lipinski definition) is 4. The molecule has 0 radical (unpaired) electrons. The number of hydrogen-bond acceptors (Lipinski definition) is 5. The maximum absolute atomic E-state index is 12.0. The Bertz CT molecular complexity index is 974. The number of carboxylic acid groups (broad SMARTS) is 2. The van der Waals surface area contributed by atoms with Gasteiger partial charge in [-0.2, -0.15) is 0 Å². The third-order valence-electron chi connectivity index (χ3n) is 3.20. The van der Waals surface area contributed by atoms with Gasteiger partial charge in [0.15, 0.2) is 0 Å². The Kier molecular flexibility index (Phi) is 5.33. The van der Waals surface area contributed by atoms with Crippen molar-refractivity contribution in [2.24, 2.45) is 0 Å². The number of carboxylic acids is 2. The van der Waals surface area contributed by atoms with Crippen LogP contribution in [0, 0.1) is 15.9 Å². The standard InChI is InChI=1S/C16H11IN2O6/c1-2-5-25-9-4-3-7(6-8(9)17)10-11(15(21)22)13(18)19-14(20)12(10)16(23)24/h1,3-4,6H,5H2,(H,21,22)(H,23,24)(H3,18,19,20). The molecule has 8 nitrogen and oxygen atoms in total. The lowest BCUT2D eigenvalue weighted by molar-refractivity contribution is 0.0695. The summed E-state index contributed by atoms with van der Waals surface area (Å²) in [5.74, 6) is -0.714. The largest absolute Gasteiger partial charge is 0.480 e. The number of terminal acetylenes is 1. The number of ether oxygens (including phenoxy) is 1. The fourth-order valence-corrected chi connectivity index (χ4v) is 2.90. The molecule has 0 saturated heterocycles. The smallest absolute Gasteiger partial charge is 0.342 e. The molecule has 0 spiro atoms. The highest BCUT2D eigenvalue weighted by Gasteiger charge is 2.26. The highest BCUT2D eigenvalue weighted by Crippen LogP contribution is 2.33. The number of rotatable bonds is 5. The Labute approximate surface area is 154 Å². The summed E-state index contributed by atoms with van der Waals surface area (Å²) in [5, 5.41) is 18.7. The molecule has 128 valence electrons. The van der Waals surface area contributed by atoms with E-state index < -0.39 is 34.4 Å². The van der Waals surface area contributed by atoms with Crippen molar-refractivity contribution in [3.05, 3.63) is 43.2 Å². The SMILES string of the molecule is C#CCOc1ccc(-c2c(C(=O)O)c(N)[nH]c(=O)c2C(=O)O)cc1I. The van der Waals surface area contributed by atoms with Gasteiger partial charge in [-0.15, -0.1) is 6.42 Å². The van der Waals surface area contributed by atoms with Crippen LogP contribution in [-0.4, -0.2) is 33.7 Å². The molecule has 0 amide bonds. The van der Waals surface area contributed by atoms with Crippen LogP contribution in [0.4, 0.5) is 5.82 Å². The molecule has 0 aliphatic rings. The van der Waals surface area contributed by atoms with Gasteiger partial charge in [-0.3, -0.25) is 4.79 Å². The van der Waals surface area contributed by atoms with Crippen molar-refractivity contribution < 1.29 is 24.5 Å². The zero-order chi connectivity index (χ0) is 18.7. The van der Waals surface area contributed by atoms with Gasteiger partial charge in [-0.1, -0.05) is 12.0 Å². The van der Waals surface area contributed by atoms with E-state index in [0.717, 1.165) is 0 Å². The molecule has 1 aromatic carbocycles. The molecule has 0 fully saturated rings. The van der Waals surface area contributed by atoms with Gasteiger partial charge in [0.05, 0.1) is 3.57 Å². The minimum atomic E-state index is -1.57. The van der Waals surface area contributed by atoms with Crippen LogP contribution < -0.4 is 16.0 Å². The zero-order valence-electron chi connectivity index (χ0n) is 12.5. The molecule has 1 aromatic heterocycles. The van der Waals surface area contributed by atoms with Crippen LogP contribution in [-0.2, 0) is 0 Å². The van der Waals surface area contributed by atoms with E-state index >= 15 is 0 Å². The van der Waals surface area contributed by atoms with Crippen molar-refractivity contribution in [3.63, 3.8) is 0 Å². The van der Waals surface area contributed by atoms with Crippen LogP contribution in [0.5, 0.6) is 5.75 Å². The maximum atomic E-state index is 12.0. The van der Waals surface area contributed by atoms with Crippen LogP contribution in [0.15, 0.2) is 23.0 Å². The van der Waals surface area contributed by atoms with Gasteiger partial charge >= 0.3 is 11.9 Å². The Morgan fingerprint density at radius 3 is 2.44 bits per heavy atom. The maximum Gasteiger partial charge on any atom is 0.342 e. The lowest BCUT2D eigenvalue weighted by atomic mass is 9.95. The number of halogens is 1. The molecule has 0 unspecified atom stereocenters. The van der Waals surface area contributed by atoms with Crippen molar-refractivity contribution in [3.8, 4) is 29.2 Å². The van der Waals surface area contributed by atoms with Gasteiger partial charge < -0.3 is 25.7 Å². The van der Waals surface area contributed by atoms with Crippen molar-refractivity contribution in [1.82, 2.24) is 4.98 Å². The number of nitrogens with two attached hydrogens (primary N) is 1. The van der Waals surface area contributed by atoms with E-state index in [2.05, 4.69) is 5.92 Å². The predicted octanol–water partition coefficient (Wildman–Crippen LogP) is 1.64. The van der Waals surface area contributed by atoms with E-state index in [1.165, 1.54) is 18.2 Å². The number of anilines is 1. The van der Waals surface area contributed by atoms with Gasteiger partial charge in [0.2, 0.25) is 0 Å². The van der Waals surface area contributed by atoms with Crippen LogP contribution in [0.3, 0.4) is 0 Å². The molecule has 2 rings (SSSR count). The zero-order valence-corrected chi connectivity index (χ0v) is 14.7. The molecule has 5 N–H and O–H groups in total. The van der Waals surface area contributed by atoms with Gasteiger partial charge in [-0.05, 0) is 40.3 Å². The number of H-pyrrole nitrogens is 1. The van der Waals surface area contributed by atoms with E-state index in [0.29, 0.717) is 9.32 Å². The van der Waals surface area contributed by atoms with Gasteiger partial charge in [0.1, 0.15) is 29.3 Å². The quantitative estimate of drug-likeness (QED) is 0.397. The molecule has 1 heterocycles. The highest BCUT2D eigenvalue weighted by atomic mass is 127. The predicted molar refractivity (Wildman–Crippen MR) is 97.9 cm³/mol. The second-order valence-corrected chi connectivity index (χ2v) is 5.90. The van der Waals surface area contributed by atoms with Crippen LogP contribution in [0.25, 0.3) is 11.1 Å². The van der Waals surface area contributed by atoms with E-state index in [4.69, 9.17) is 16.9 Å². The highest BCUT2D eigenvalue weighted by molar-refractivity contribution is 14.1. The number of carbonyl (C=O) groups is 2. The summed E-state index contributed by atoms with van der Waals surface area (Å²) in [4.78, 5) is 37.1. The first-order chi connectivity index (χ1) is 11.8. The van der Waals surface area contributed by atoms with Crippen LogP contribution in [0.1, 0.15) is 20.7 Å². The Hall–Kier alpha value is -3.00. The van der Waals surface area contributed by atoms with Crippen molar-refractivity contribution >= 4 is 40.3 Å². The molecule has 2 aromatic rings. The second kappa shape index (κ2) is 7.27. The Morgan fingerprint density at radius 1 is 1.28 bits per heavy atom. The average Bonchev–Trinajstić information content (AvgIpc) is 2.52. The van der Waals surface area contributed by atoms with Crippen LogP contribution in [0.2, 0.25) is 0 Å². The van der Waals surface area contributed by atoms with Crippen molar-refractivity contribution in [1.29, 1.82) is 0 Å². The normalized spacial score (nSPS) is 10.1. The minimum absolute atomic E-state index is 0.0358. The summed E-state index contributed by atoms with van der Waals surface area (Å²) >= 11 is 1.92. The fraction of sp³-hybridized carbons (Fsp3) is 0.0625. The number of aromatic nitrogens is 1. The number of nitrogens with one attached hydrogen (secondary N) is 1. The fourth-order valence-electron chi connectivity index (χ4n) is 2.23. The molecule has 25 heavy (non-hydrogen) atoms. The molecule has 0 saturated carbocycles. The van der Waals surface area contributed by atoms with Crippen molar-refractivity contribution in [2.75, 3.05) is 12.3 Å². The number of aromatic amines is 1. The van der Waals surface area contributed by atoms with E-state index in [1.54, 1.807) is 0 Å². The minimum Gasteiger partial charge on any atom is -0.480 e. The molecule has 0 atom stereocenters. The number of nitrogen functional groups attached to an aromatic ring is 1. The number of pyridine rings is 1. The lowest BCUT2D eigenvalue weighted by Crippen LogP contribution is -2.24. The van der Waals surface area contributed by atoms with E-state index in [9.17, 15) is 24.6 Å². The Balaban J connectivity index is 2.80. The summed E-state index contributed by atoms with van der Waals surface area (Å²) in [6.45, 7) is 0.0358. The molecule has 0 bridgehead atoms. The second-order valence-electron chi connectivity index (χ2n) is 4.74. The molecule has 0 aliphatic carbocycles. The first kappa shape index (κ1) is 18.3. The number of aromatic carboxylic acids is 2. The summed E-state index contributed by atoms with van der Waals surface area (Å²) < 4.78 is 5.86. The third kappa shape index (κ3) is 3.58. The monoisotopic (exact) mass is 454 g/mol. The summed E-state index contributed by atoms with van der Waals surface area (Å²) in [7, 11) is 0. The molecular weight excluding hydrogens is 443 g/mol. The van der Waals surface area contributed by atoms with Crippen LogP contribution >= 0.6 is 22.6 Å². The lowest BCUT2D eigenvalue weighted by Gasteiger charge is -2.13. The van der Waals surface area contributed by atoms with Gasteiger partial charge in [-0.25, -0.2) is 9.59 Å². The number of benzene rings is 1. The first-order valence-electron chi connectivity index (χ1n) is 6.66. The third-order valence-corrected chi connectivity index (χ3v) is 4.05. The average molecular weight is 454 g/mol. The topological polar surface area (TPSA) is 143 Å². The molecular formula is C16H11IN2O6. The van der Waals surface area contributed by atoms with E-state index in [-0.39, 0.29) is 17.7 Å². The molecule has 0 aliphatic heterocycles. The first-order valence-corrected chi connectivity index (χ1v) is 7.74. The summed E-state index contributed by atoms with van der Waals surface area (Å²) in [6, 6.07) is 4.42. The van der Waals surface area contributed by atoms with Gasteiger partial charge in [0, 0.05) is 5.56 Å². The van der Waals surface area contributed by atoms with Crippen molar-refractivity contribution in [2.45, 2.75) is 0 Å². The van der Waals surface area contributed by atoms with E-state index in [1.807, 2.05) is 27.6 Å². The van der Waals surface area contributed by atoms with Gasteiger partial charge in [0.25, 0.3) is 5.56 Å². The summed E-state index contributed by atoms with van der Waals surface area (Å²) in [6.07, 6.45) is 5.13. The summed E-state index contributed by atoms with van der Waals surface area (Å²) in [5.41, 5.74) is 3.31. The Morgan fingerprint density at radius 2 is 1.92 bits per heavy atom. The molecule has 9 heteroatoms.